The second-order valence-electron chi connectivity index (χ2n) is 3.83. The second kappa shape index (κ2) is 7.65. The van der Waals surface area contributed by atoms with Gasteiger partial charge < -0.3 is 10.5 Å². The summed E-state index contributed by atoms with van der Waals surface area (Å²) in [6.45, 7) is 7.84. The van der Waals surface area contributed by atoms with Crippen LogP contribution in [0.5, 0.6) is 0 Å². The third kappa shape index (κ3) is 4.62. The Morgan fingerprint density at radius 3 is 2.27 bits per heavy atom. The van der Waals surface area contributed by atoms with E-state index in [1.807, 2.05) is 6.92 Å². The van der Waals surface area contributed by atoms with E-state index in [1.165, 1.54) is 0 Å². The SMILES string of the molecule is CCC(CC)N(CCOC)C(C)C(=N)N. The van der Waals surface area contributed by atoms with Crippen molar-refractivity contribution < 1.29 is 4.74 Å². The molecule has 0 aromatic heterocycles. The molecule has 0 rings (SSSR count). The van der Waals surface area contributed by atoms with Gasteiger partial charge in [0, 0.05) is 19.7 Å². The topological polar surface area (TPSA) is 62.3 Å². The molecule has 4 nitrogen and oxygen atoms in total. The van der Waals surface area contributed by atoms with E-state index < -0.39 is 0 Å². The van der Waals surface area contributed by atoms with Crippen LogP contribution in [0.3, 0.4) is 0 Å². The fourth-order valence-corrected chi connectivity index (χ4v) is 1.83. The number of nitrogens with zero attached hydrogens (tertiary/aromatic N) is 1. The summed E-state index contributed by atoms with van der Waals surface area (Å²) >= 11 is 0. The second-order valence-corrected chi connectivity index (χ2v) is 3.83. The maximum absolute atomic E-state index is 7.51. The van der Waals surface area contributed by atoms with Crippen LogP contribution in [0.4, 0.5) is 0 Å². The van der Waals surface area contributed by atoms with Crippen LogP contribution in [0.1, 0.15) is 33.6 Å². The average Bonchev–Trinajstić information content (AvgIpc) is 2.23. The predicted octanol–water partition coefficient (Wildman–Crippen LogP) is 1.45. The molecule has 0 bridgehead atoms. The quantitative estimate of drug-likeness (QED) is 0.476. The zero-order valence-corrected chi connectivity index (χ0v) is 10.4. The minimum absolute atomic E-state index is 0.00468. The average molecular weight is 215 g/mol. The molecule has 0 aliphatic carbocycles. The van der Waals surface area contributed by atoms with Gasteiger partial charge in [0.1, 0.15) is 5.84 Å². The molecule has 15 heavy (non-hydrogen) atoms. The standard InChI is InChI=1S/C11H25N3O/c1-5-10(6-2)14(7-8-15-4)9(3)11(12)13/h9-10H,5-8H2,1-4H3,(H3,12,13). The molecular formula is C11H25N3O. The summed E-state index contributed by atoms with van der Waals surface area (Å²) in [5, 5.41) is 7.51. The van der Waals surface area contributed by atoms with Gasteiger partial charge in [0.15, 0.2) is 0 Å². The first kappa shape index (κ1) is 14.4. The van der Waals surface area contributed by atoms with E-state index in [0.29, 0.717) is 12.6 Å². The van der Waals surface area contributed by atoms with Gasteiger partial charge >= 0.3 is 0 Å². The van der Waals surface area contributed by atoms with Crippen molar-refractivity contribution in [1.82, 2.24) is 4.90 Å². The Kier molecular flexibility index (Phi) is 7.34. The smallest absolute Gasteiger partial charge is 0.108 e. The molecule has 1 unspecified atom stereocenters. The van der Waals surface area contributed by atoms with Crippen LogP contribution >= 0.6 is 0 Å². The van der Waals surface area contributed by atoms with Crippen LogP contribution in [0.25, 0.3) is 0 Å². The van der Waals surface area contributed by atoms with Crippen molar-refractivity contribution in [3.63, 3.8) is 0 Å². The van der Waals surface area contributed by atoms with Crippen molar-refractivity contribution in [3.05, 3.63) is 0 Å². The van der Waals surface area contributed by atoms with Crippen LogP contribution < -0.4 is 5.73 Å². The van der Waals surface area contributed by atoms with Gasteiger partial charge in [-0.3, -0.25) is 10.3 Å². The number of hydrogen-bond donors (Lipinski definition) is 2. The Morgan fingerprint density at radius 2 is 1.93 bits per heavy atom. The number of nitrogens with two attached hydrogens (primary N) is 1. The Hall–Kier alpha value is -0.610. The molecule has 3 N–H and O–H groups in total. The molecule has 0 radical (unpaired) electrons. The van der Waals surface area contributed by atoms with Gasteiger partial charge in [-0.15, -0.1) is 0 Å². The molecule has 0 aromatic rings. The Bertz CT molecular complexity index is 181. The van der Waals surface area contributed by atoms with E-state index in [2.05, 4.69) is 18.7 Å². The first-order chi connectivity index (χ1) is 7.08. The van der Waals surface area contributed by atoms with Crippen LogP contribution in [0.15, 0.2) is 0 Å². The van der Waals surface area contributed by atoms with E-state index in [4.69, 9.17) is 15.9 Å². The monoisotopic (exact) mass is 215 g/mol. The molecule has 90 valence electrons. The number of rotatable bonds is 8. The highest BCUT2D eigenvalue weighted by Gasteiger charge is 2.22. The Balaban J connectivity index is 4.46. The summed E-state index contributed by atoms with van der Waals surface area (Å²) in [6, 6.07) is 0.490. The maximum atomic E-state index is 7.51. The molecule has 0 fully saturated rings. The first-order valence-corrected chi connectivity index (χ1v) is 5.66. The molecule has 0 saturated carbocycles. The summed E-state index contributed by atoms with van der Waals surface area (Å²) in [7, 11) is 1.70. The van der Waals surface area contributed by atoms with E-state index in [9.17, 15) is 0 Å². The highest BCUT2D eigenvalue weighted by Crippen LogP contribution is 2.12. The molecule has 0 spiro atoms. The highest BCUT2D eigenvalue weighted by molar-refractivity contribution is 5.82. The van der Waals surface area contributed by atoms with Crippen molar-refractivity contribution >= 4 is 5.84 Å². The number of hydrogen-bond acceptors (Lipinski definition) is 3. The minimum atomic E-state index is 0.00468. The van der Waals surface area contributed by atoms with Gasteiger partial charge in [-0.1, -0.05) is 13.8 Å². The van der Waals surface area contributed by atoms with Gasteiger partial charge in [-0.25, -0.2) is 0 Å². The normalized spacial score (nSPS) is 13.5. The summed E-state index contributed by atoms with van der Waals surface area (Å²) in [5.41, 5.74) is 5.56. The summed E-state index contributed by atoms with van der Waals surface area (Å²) < 4.78 is 5.09. The maximum Gasteiger partial charge on any atom is 0.108 e. The molecular weight excluding hydrogens is 190 g/mol. The largest absolute Gasteiger partial charge is 0.386 e. The highest BCUT2D eigenvalue weighted by atomic mass is 16.5. The third-order valence-electron chi connectivity index (χ3n) is 2.91. The van der Waals surface area contributed by atoms with Crippen LogP contribution in [0.2, 0.25) is 0 Å². The molecule has 1 atom stereocenters. The Labute approximate surface area is 93.3 Å². The third-order valence-corrected chi connectivity index (χ3v) is 2.91. The van der Waals surface area contributed by atoms with Gasteiger partial charge in [0.25, 0.3) is 0 Å². The van der Waals surface area contributed by atoms with Crippen LogP contribution in [-0.2, 0) is 4.74 Å². The number of methoxy groups -OCH3 is 1. The number of ether oxygens (including phenoxy) is 1. The molecule has 4 heteroatoms. The first-order valence-electron chi connectivity index (χ1n) is 5.66. The molecule has 0 aromatic carbocycles. The van der Waals surface area contributed by atoms with Crippen molar-refractivity contribution in [3.8, 4) is 0 Å². The van der Waals surface area contributed by atoms with Gasteiger partial charge in [0.05, 0.1) is 12.6 Å². The van der Waals surface area contributed by atoms with Gasteiger partial charge in [-0.2, -0.15) is 0 Å². The van der Waals surface area contributed by atoms with Gasteiger partial charge in [0.2, 0.25) is 0 Å². The van der Waals surface area contributed by atoms with Crippen molar-refractivity contribution in [2.45, 2.75) is 45.7 Å². The molecule has 0 heterocycles. The van der Waals surface area contributed by atoms with Crippen molar-refractivity contribution in [1.29, 1.82) is 5.41 Å². The zero-order chi connectivity index (χ0) is 11.8. The minimum Gasteiger partial charge on any atom is -0.386 e. The molecule has 0 amide bonds. The zero-order valence-electron chi connectivity index (χ0n) is 10.4. The van der Waals surface area contributed by atoms with Crippen molar-refractivity contribution in [2.24, 2.45) is 5.73 Å². The Morgan fingerprint density at radius 1 is 1.40 bits per heavy atom. The fourth-order valence-electron chi connectivity index (χ4n) is 1.83. The number of amidine groups is 1. The lowest BCUT2D eigenvalue weighted by Gasteiger charge is -2.34. The van der Waals surface area contributed by atoms with Crippen LogP contribution in [-0.4, -0.2) is 43.1 Å². The van der Waals surface area contributed by atoms with Gasteiger partial charge in [-0.05, 0) is 19.8 Å². The lowest BCUT2D eigenvalue weighted by atomic mass is 10.1. The lowest BCUT2D eigenvalue weighted by Crippen LogP contribution is -2.49. The summed E-state index contributed by atoms with van der Waals surface area (Å²) in [4.78, 5) is 2.26. The van der Waals surface area contributed by atoms with E-state index in [-0.39, 0.29) is 11.9 Å². The number of nitrogens with one attached hydrogen (secondary N) is 1. The summed E-state index contributed by atoms with van der Waals surface area (Å²) in [6.07, 6.45) is 2.16. The molecule has 0 aliphatic rings. The fraction of sp³-hybridized carbons (Fsp3) is 0.909. The van der Waals surface area contributed by atoms with E-state index >= 15 is 0 Å². The molecule has 0 aliphatic heterocycles. The lowest BCUT2D eigenvalue weighted by molar-refractivity contribution is 0.105. The van der Waals surface area contributed by atoms with Crippen LogP contribution in [0, 0.1) is 5.41 Å². The van der Waals surface area contributed by atoms with E-state index in [1.54, 1.807) is 7.11 Å². The predicted molar refractivity (Wildman–Crippen MR) is 64.3 cm³/mol. The van der Waals surface area contributed by atoms with E-state index in [0.717, 1.165) is 19.4 Å². The summed E-state index contributed by atoms with van der Waals surface area (Å²) in [5.74, 6) is 0.234. The molecule has 0 saturated heterocycles. The van der Waals surface area contributed by atoms with Crippen molar-refractivity contribution in [2.75, 3.05) is 20.3 Å².